The van der Waals surface area contributed by atoms with Crippen molar-refractivity contribution in [3.05, 3.63) is 24.3 Å². The Morgan fingerprint density at radius 3 is 1.13 bits per heavy atom. The lowest BCUT2D eigenvalue weighted by Crippen LogP contribution is -2.20. The Kier molecular flexibility index (Phi) is 35.6. The molecule has 0 fully saturated rings. The Labute approximate surface area is 281 Å². The lowest BCUT2D eigenvalue weighted by molar-refractivity contribution is -0.154. The number of unbranched alkanes of at least 4 members (excludes halogenated alkanes) is 24. The van der Waals surface area contributed by atoms with Crippen LogP contribution in [-0.4, -0.2) is 25.2 Å². The molecule has 0 N–H and O–H groups in total. The molecule has 4 nitrogen and oxygen atoms in total. The first-order valence-electron chi connectivity index (χ1n) is 19.7. The maximum Gasteiger partial charge on any atom is 0.309 e. The van der Waals surface area contributed by atoms with E-state index in [9.17, 15) is 9.59 Å². The van der Waals surface area contributed by atoms with E-state index in [0.717, 1.165) is 25.7 Å². The van der Waals surface area contributed by atoms with Crippen LogP contribution in [0.2, 0.25) is 0 Å². The predicted octanol–water partition coefficient (Wildman–Crippen LogP) is 13.2. The smallest absolute Gasteiger partial charge is 0.309 e. The van der Waals surface area contributed by atoms with Gasteiger partial charge in [0.05, 0.1) is 25.6 Å². The molecule has 0 rings (SSSR count). The molecule has 0 aliphatic rings. The summed E-state index contributed by atoms with van der Waals surface area (Å²) in [6.07, 6.45) is 44.9. The summed E-state index contributed by atoms with van der Waals surface area (Å²) in [6.45, 7) is 7.21. The van der Waals surface area contributed by atoms with Crippen LogP contribution in [0.3, 0.4) is 0 Å². The quantitative estimate of drug-likeness (QED) is 0.0396. The van der Waals surface area contributed by atoms with Crippen molar-refractivity contribution in [1.29, 1.82) is 0 Å². The highest BCUT2D eigenvalue weighted by molar-refractivity contribution is 5.79. The molecule has 0 saturated heterocycles. The molecule has 0 heterocycles. The van der Waals surface area contributed by atoms with Gasteiger partial charge in [0.25, 0.3) is 0 Å². The minimum Gasteiger partial charge on any atom is -0.466 e. The number of ether oxygens (including phenoxy) is 2. The summed E-state index contributed by atoms with van der Waals surface area (Å²) >= 11 is 0. The molecule has 0 spiro atoms. The Morgan fingerprint density at radius 1 is 0.444 bits per heavy atom. The summed E-state index contributed by atoms with van der Waals surface area (Å²) in [6, 6.07) is 0. The van der Waals surface area contributed by atoms with Gasteiger partial charge in [0, 0.05) is 0 Å². The second-order valence-corrected chi connectivity index (χ2v) is 13.4. The standard InChI is InChI=1S/C41H76O4/c1-4-6-8-10-12-14-16-18-20-22-24-26-28-30-32-34-36-44-40(42)38-39(3)41(43)45-37-35-33-31-29-27-25-23-21-19-17-15-13-11-9-7-5-2/h18-21,39H,4-17,22-38H2,1-3H3. The normalized spacial score (nSPS) is 12.3. The van der Waals surface area contributed by atoms with Crippen molar-refractivity contribution >= 4 is 11.9 Å². The molecule has 0 aromatic heterocycles. The molecular weight excluding hydrogens is 556 g/mol. The van der Waals surface area contributed by atoms with E-state index in [4.69, 9.17) is 9.47 Å². The first-order chi connectivity index (χ1) is 22.1. The van der Waals surface area contributed by atoms with Crippen molar-refractivity contribution in [2.45, 2.75) is 207 Å². The van der Waals surface area contributed by atoms with Crippen LogP contribution in [-0.2, 0) is 19.1 Å². The molecule has 264 valence electrons. The zero-order valence-corrected chi connectivity index (χ0v) is 30.4. The SMILES string of the molecule is CCCCCCCCC=CCCCCCCCCOC(=O)CC(C)C(=O)OCCCCCCCCC=CCCCCCCCC. The molecule has 0 aliphatic carbocycles. The van der Waals surface area contributed by atoms with E-state index < -0.39 is 5.92 Å². The van der Waals surface area contributed by atoms with Gasteiger partial charge in [-0.1, -0.05) is 161 Å². The van der Waals surface area contributed by atoms with Gasteiger partial charge < -0.3 is 9.47 Å². The molecule has 1 unspecified atom stereocenters. The summed E-state index contributed by atoms with van der Waals surface area (Å²) < 4.78 is 10.8. The average molecular weight is 633 g/mol. The third-order valence-electron chi connectivity index (χ3n) is 8.69. The summed E-state index contributed by atoms with van der Waals surface area (Å²) in [5, 5.41) is 0. The third kappa shape index (κ3) is 35.1. The van der Waals surface area contributed by atoms with Gasteiger partial charge in [0.1, 0.15) is 0 Å². The molecule has 0 bridgehead atoms. The summed E-state index contributed by atoms with van der Waals surface area (Å²) in [5.74, 6) is -1.01. The van der Waals surface area contributed by atoms with E-state index >= 15 is 0 Å². The van der Waals surface area contributed by atoms with Crippen LogP contribution in [0.15, 0.2) is 24.3 Å². The van der Waals surface area contributed by atoms with Gasteiger partial charge in [0.2, 0.25) is 0 Å². The van der Waals surface area contributed by atoms with Crippen LogP contribution >= 0.6 is 0 Å². The van der Waals surface area contributed by atoms with E-state index in [0.29, 0.717) is 13.2 Å². The first-order valence-corrected chi connectivity index (χ1v) is 19.7. The van der Waals surface area contributed by atoms with Gasteiger partial charge in [-0.2, -0.15) is 0 Å². The topological polar surface area (TPSA) is 52.6 Å². The molecule has 0 aliphatic heterocycles. The Balaban J connectivity index is 3.45. The van der Waals surface area contributed by atoms with Gasteiger partial charge in [-0.3, -0.25) is 9.59 Å². The highest BCUT2D eigenvalue weighted by atomic mass is 16.5. The zero-order valence-electron chi connectivity index (χ0n) is 30.4. The second-order valence-electron chi connectivity index (χ2n) is 13.4. The van der Waals surface area contributed by atoms with Gasteiger partial charge in [-0.25, -0.2) is 0 Å². The monoisotopic (exact) mass is 633 g/mol. The molecule has 45 heavy (non-hydrogen) atoms. The number of esters is 2. The van der Waals surface area contributed by atoms with E-state index in [1.54, 1.807) is 6.92 Å². The molecule has 0 aromatic rings. The van der Waals surface area contributed by atoms with Crippen molar-refractivity contribution < 1.29 is 19.1 Å². The summed E-state index contributed by atoms with van der Waals surface area (Å²) in [7, 11) is 0. The highest BCUT2D eigenvalue weighted by Crippen LogP contribution is 2.13. The Bertz CT molecular complexity index is 683. The van der Waals surface area contributed by atoms with Crippen molar-refractivity contribution in [3.8, 4) is 0 Å². The second kappa shape index (κ2) is 36.9. The number of carbonyl (C=O) groups excluding carboxylic acids is 2. The Morgan fingerprint density at radius 2 is 0.756 bits per heavy atom. The minimum absolute atomic E-state index is 0.110. The number of hydrogen-bond acceptors (Lipinski definition) is 4. The lowest BCUT2D eigenvalue weighted by atomic mass is 10.1. The van der Waals surface area contributed by atoms with Crippen LogP contribution in [0.4, 0.5) is 0 Å². The maximum atomic E-state index is 12.2. The van der Waals surface area contributed by atoms with Crippen LogP contribution in [0.5, 0.6) is 0 Å². The maximum absolute atomic E-state index is 12.2. The number of carbonyl (C=O) groups is 2. The highest BCUT2D eigenvalue weighted by Gasteiger charge is 2.19. The van der Waals surface area contributed by atoms with E-state index in [2.05, 4.69) is 38.2 Å². The first kappa shape index (κ1) is 43.4. The molecule has 0 aromatic carbocycles. The predicted molar refractivity (Wildman–Crippen MR) is 195 cm³/mol. The van der Waals surface area contributed by atoms with Crippen molar-refractivity contribution in [3.63, 3.8) is 0 Å². The van der Waals surface area contributed by atoms with Crippen LogP contribution in [0.1, 0.15) is 207 Å². The van der Waals surface area contributed by atoms with Gasteiger partial charge in [-0.05, 0) is 64.2 Å². The fraction of sp³-hybridized carbons (Fsp3) is 0.854. The summed E-state index contributed by atoms with van der Waals surface area (Å²) in [4.78, 5) is 24.3. The molecule has 0 amide bonds. The number of hydrogen-bond donors (Lipinski definition) is 0. The summed E-state index contributed by atoms with van der Waals surface area (Å²) in [5.41, 5.74) is 0. The molecule has 0 saturated carbocycles. The molecule has 1 atom stereocenters. The average Bonchev–Trinajstić information content (AvgIpc) is 3.03. The van der Waals surface area contributed by atoms with E-state index in [1.165, 1.54) is 154 Å². The van der Waals surface area contributed by atoms with Crippen molar-refractivity contribution in [2.24, 2.45) is 5.92 Å². The fourth-order valence-corrected chi connectivity index (χ4v) is 5.59. The largest absolute Gasteiger partial charge is 0.466 e. The lowest BCUT2D eigenvalue weighted by Gasteiger charge is -2.11. The van der Waals surface area contributed by atoms with Crippen LogP contribution in [0.25, 0.3) is 0 Å². The van der Waals surface area contributed by atoms with E-state index in [-0.39, 0.29) is 18.4 Å². The van der Waals surface area contributed by atoms with Crippen LogP contribution < -0.4 is 0 Å². The number of rotatable bonds is 35. The molecular formula is C41H76O4. The van der Waals surface area contributed by atoms with Crippen molar-refractivity contribution in [2.75, 3.05) is 13.2 Å². The fourth-order valence-electron chi connectivity index (χ4n) is 5.59. The van der Waals surface area contributed by atoms with Crippen molar-refractivity contribution in [1.82, 2.24) is 0 Å². The third-order valence-corrected chi connectivity index (χ3v) is 8.69. The van der Waals surface area contributed by atoms with Gasteiger partial charge in [-0.15, -0.1) is 0 Å². The van der Waals surface area contributed by atoms with Gasteiger partial charge >= 0.3 is 11.9 Å². The van der Waals surface area contributed by atoms with Crippen LogP contribution in [0, 0.1) is 5.92 Å². The minimum atomic E-state index is -0.438. The molecule has 0 radical (unpaired) electrons. The molecule has 4 heteroatoms. The van der Waals surface area contributed by atoms with E-state index in [1.807, 2.05) is 0 Å². The van der Waals surface area contributed by atoms with Gasteiger partial charge in [0.15, 0.2) is 0 Å². The number of allylic oxidation sites excluding steroid dienone is 4. The zero-order chi connectivity index (χ0) is 32.9. The Hall–Kier alpha value is -1.58.